The molecule has 0 amide bonds. The third kappa shape index (κ3) is 11.5. The molecule has 0 radical (unpaired) electrons. The predicted octanol–water partition coefficient (Wildman–Crippen LogP) is 27.9. The number of para-hydroxylation sites is 2. The van der Waals surface area contributed by atoms with E-state index < -0.39 is 5.41 Å². The first kappa shape index (κ1) is 66.7. The Bertz CT molecular complexity index is 5430. The summed E-state index contributed by atoms with van der Waals surface area (Å²) in [5.74, 6) is 0. The van der Waals surface area contributed by atoms with E-state index in [0.29, 0.717) is 0 Å². The Labute approximate surface area is 599 Å². The molecule has 0 spiro atoms. The van der Waals surface area contributed by atoms with Gasteiger partial charge >= 0.3 is 0 Å². The van der Waals surface area contributed by atoms with E-state index in [1.165, 1.54) is 33.4 Å². The fourth-order valence-corrected chi connectivity index (χ4v) is 15.7. The zero-order chi connectivity index (χ0) is 71.1. The number of hydrogen-bond acceptors (Lipinski definition) is 4. The first-order valence-electron chi connectivity index (χ1n) is 36.3. The zero-order valence-electron chi connectivity index (χ0n) is 62.5. The van der Waals surface area contributed by atoms with Gasteiger partial charge in [-0.1, -0.05) is 307 Å². The van der Waals surface area contributed by atoms with Crippen molar-refractivity contribution in [2.45, 2.75) is 163 Å². The van der Waals surface area contributed by atoms with E-state index in [9.17, 15) is 0 Å². The monoisotopic (exact) mass is 1320 g/mol. The quantitative estimate of drug-likeness (QED) is 0.137. The van der Waals surface area contributed by atoms with Gasteiger partial charge in [-0.2, -0.15) is 0 Å². The zero-order valence-corrected chi connectivity index (χ0v) is 62.5. The Hall–Kier alpha value is -10.2. The van der Waals surface area contributed by atoms with Crippen LogP contribution < -0.4 is 9.80 Å². The van der Waals surface area contributed by atoms with Crippen LogP contribution in [0.25, 0.3) is 77.3 Å². The van der Waals surface area contributed by atoms with Gasteiger partial charge in [0.2, 0.25) is 0 Å². The summed E-state index contributed by atoms with van der Waals surface area (Å²) in [6.07, 6.45) is 0. The maximum Gasteiger partial charge on any atom is 0.160 e. The molecule has 12 aromatic carbocycles. The van der Waals surface area contributed by atoms with Crippen molar-refractivity contribution in [3.63, 3.8) is 0 Å². The maximum absolute atomic E-state index is 7.82. The van der Waals surface area contributed by atoms with E-state index in [2.05, 4.69) is 389 Å². The van der Waals surface area contributed by atoms with E-state index in [4.69, 9.17) is 8.83 Å². The molecule has 0 saturated carbocycles. The predicted molar refractivity (Wildman–Crippen MR) is 431 cm³/mol. The highest BCUT2D eigenvalue weighted by atomic mass is 16.3. The number of fused-ring (bicyclic) bond motifs is 11. The Morgan fingerprint density at radius 2 is 0.594 bits per heavy atom. The summed E-state index contributed by atoms with van der Waals surface area (Å²) < 4.78 is 15.5. The first-order valence-corrected chi connectivity index (χ1v) is 36.3. The Balaban J connectivity index is 1.13. The molecule has 0 saturated heterocycles. The average Bonchev–Trinajstić information content (AvgIpc) is 1.50. The third-order valence-corrected chi connectivity index (χ3v) is 21.5. The molecule has 0 bridgehead atoms. The van der Waals surface area contributed by atoms with Gasteiger partial charge in [-0.05, 0) is 172 Å². The van der Waals surface area contributed by atoms with Crippen LogP contribution >= 0.6 is 0 Å². The molecular formula is C97H96N2O2. The highest BCUT2D eigenvalue weighted by molar-refractivity contribution is 6.26. The molecule has 0 atom stereocenters. The summed E-state index contributed by atoms with van der Waals surface area (Å²) in [6.45, 7) is 41.5. The number of hydrogen-bond donors (Lipinski definition) is 0. The lowest BCUT2D eigenvalue weighted by atomic mass is 9.67. The first-order chi connectivity index (χ1) is 47.9. The van der Waals surface area contributed by atoms with E-state index in [1.807, 2.05) is 0 Å². The van der Waals surface area contributed by atoms with E-state index in [1.54, 1.807) is 0 Å². The number of benzene rings is 12. The number of nitrogens with zero attached hydrogens (tertiary/aromatic N) is 2. The average molecular weight is 1320 g/mol. The Morgan fingerprint density at radius 3 is 1.00 bits per heavy atom. The highest BCUT2D eigenvalue weighted by Gasteiger charge is 2.51. The van der Waals surface area contributed by atoms with Crippen molar-refractivity contribution >= 4 is 78.0 Å². The minimum absolute atomic E-state index is 0.0277. The summed E-state index contributed by atoms with van der Waals surface area (Å²) in [7, 11) is 0. The standard InChI is InChI=1S/C97H96N2O2/c1-91(2,3)63-41-37-61(38-42-63)75-57-69(95(13,14)15)49-55-79(75)98(71-51-45-65(46-52-71)93(7,8)9)81-59-78-88(90-85(81)73-33-25-27-35-83(73)101-90)87-77(97(78,67-29-21-19-22-30-67)68-31-23-20-24-32-68)60-82(89-86(87)74-34-26-28-36-84(74)100-89)99(72-53-47-66(48-54-72)94(10,11)12)80-56-50-70(96(16,17)18)58-76(80)62-39-43-64(44-40-62)92(4,5)6/h19-60H,1-18H3. The second-order valence-electron chi connectivity index (χ2n) is 34.6. The summed E-state index contributed by atoms with van der Waals surface area (Å²) in [5.41, 5.74) is 26.7. The van der Waals surface area contributed by atoms with Crippen LogP contribution in [-0.4, -0.2) is 0 Å². The van der Waals surface area contributed by atoms with Crippen LogP contribution in [0, 0.1) is 0 Å². The molecule has 2 aromatic heterocycles. The van der Waals surface area contributed by atoms with Gasteiger partial charge in [-0.3, -0.25) is 0 Å². The van der Waals surface area contributed by atoms with Crippen LogP contribution in [0.4, 0.5) is 34.1 Å². The SMILES string of the molecule is CC(C)(C)c1ccc(-c2cc(C(C)(C)C)ccc2N(c2ccc(C(C)(C)C)cc2)c2cc3c(c4c2oc2ccccc24)-c2c(cc(N(c4ccc(C(C)(C)C)cc4)c4ccc(C(C)(C)C)cc4-c4ccc(C(C)(C)C)cc4)c4c2oc2ccccc24)C3(c2ccccc2)c2ccccc2)cc1. The topological polar surface area (TPSA) is 32.8 Å². The summed E-state index contributed by atoms with van der Waals surface area (Å²) in [6, 6.07) is 96.8. The second-order valence-corrected chi connectivity index (χ2v) is 34.6. The molecule has 0 unspecified atom stereocenters. The number of anilines is 6. The second kappa shape index (κ2) is 24.0. The minimum atomic E-state index is -0.983. The van der Waals surface area contributed by atoms with Crippen molar-refractivity contribution in [3.05, 3.63) is 310 Å². The molecule has 1 aliphatic rings. The van der Waals surface area contributed by atoms with Gasteiger partial charge in [0.15, 0.2) is 5.58 Å². The summed E-state index contributed by atoms with van der Waals surface area (Å²) in [4.78, 5) is 5.08. The van der Waals surface area contributed by atoms with Crippen LogP contribution in [0.15, 0.2) is 264 Å². The van der Waals surface area contributed by atoms with Crippen LogP contribution in [0.5, 0.6) is 0 Å². The van der Waals surface area contributed by atoms with Gasteiger partial charge in [0.25, 0.3) is 0 Å². The van der Waals surface area contributed by atoms with Crippen molar-refractivity contribution in [2.75, 3.05) is 9.80 Å². The van der Waals surface area contributed by atoms with Crippen LogP contribution in [0.1, 0.15) is 180 Å². The minimum Gasteiger partial charge on any atom is -0.455 e. The highest BCUT2D eigenvalue weighted by Crippen LogP contribution is 2.65. The normalized spacial score (nSPS) is 13.5. The molecule has 2 heterocycles. The summed E-state index contributed by atoms with van der Waals surface area (Å²) >= 11 is 0. The van der Waals surface area contributed by atoms with Gasteiger partial charge in [0.1, 0.15) is 16.7 Å². The molecule has 4 nitrogen and oxygen atoms in total. The Kier molecular flexibility index (Phi) is 15.9. The van der Waals surface area contributed by atoms with Gasteiger partial charge in [0, 0.05) is 49.8 Å². The number of rotatable bonds is 10. The largest absolute Gasteiger partial charge is 0.455 e. The lowest BCUT2D eigenvalue weighted by molar-refractivity contribution is 0.589. The molecule has 14 aromatic rings. The Morgan fingerprint density at radius 1 is 0.267 bits per heavy atom. The van der Waals surface area contributed by atoms with E-state index in [-0.39, 0.29) is 32.5 Å². The van der Waals surface area contributed by atoms with Crippen molar-refractivity contribution in [2.24, 2.45) is 0 Å². The van der Waals surface area contributed by atoms with Crippen molar-refractivity contribution < 1.29 is 8.83 Å². The molecule has 506 valence electrons. The third-order valence-electron chi connectivity index (χ3n) is 21.5. The molecule has 4 heteroatoms. The van der Waals surface area contributed by atoms with Crippen LogP contribution in [-0.2, 0) is 37.9 Å². The molecule has 0 aliphatic heterocycles. The fourth-order valence-electron chi connectivity index (χ4n) is 15.7. The maximum atomic E-state index is 7.82. The lowest BCUT2D eigenvalue weighted by Gasteiger charge is -2.36. The summed E-state index contributed by atoms with van der Waals surface area (Å²) in [5, 5.41) is 4.13. The fraction of sp³-hybridized carbons (Fsp3) is 0.258. The molecule has 0 fully saturated rings. The lowest BCUT2D eigenvalue weighted by Crippen LogP contribution is -2.29. The molecule has 0 N–H and O–H groups in total. The number of furan rings is 2. The van der Waals surface area contributed by atoms with Gasteiger partial charge < -0.3 is 18.6 Å². The van der Waals surface area contributed by atoms with Crippen molar-refractivity contribution in [1.82, 2.24) is 0 Å². The van der Waals surface area contributed by atoms with Crippen molar-refractivity contribution in [1.29, 1.82) is 0 Å². The molecule has 15 rings (SSSR count). The van der Waals surface area contributed by atoms with Gasteiger partial charge in [0.05, 0.1) is 33.6 Å². The van der Waals surface area contributed by atoms with Crippen molar-refractivity contribution in [3.8, 4) is 33.4 Å². The van der Waals surface area contributed by atoms with E-state index in [0.717, 1.165) is 134 Å². The van der Waals surface area contributed by atoms with Gasteiger partial charge in [-0.25, -0.2) is 0 Å². The van der Waals surface area contributed by atoms with E-state index >= 15 is 0 Å². The molecule has 1 aliphatic carbocycles. The molecule has 101 heavy (non-hydrogen) atoms. The van der Waals surface area contributed by atoms with Gasteiger partial charge in [-0.15, -0.1) is 0 Å². The van der Waals surface area contributed by atoms with Crippen LogP contribution in [0.3, 0.4) is 0 Å². The molecular weight excluding hydrogens is 1230 g/mol. The van der Waals surface area contributed by atoms with Crippen LogP contribution in [0.2, 0.25) is 0 Å². The smallest absolute Gasteiger partial charge is 0.160 e.